The minimum absolute atomic E-state index is 0.210. The molecule has 6 nitrogen and oxygen atoms in total. The summed E-state index contributed by atoms with van der Waals surface area (Å²) >= 11 is 7.97. The predicted molar refractivity (Wildman–Crippen MR) is 109 cm³/mol. The Kier molecular flexibility index (Phi) is 3.95. The van der Waals surface area contributed by atoms with Crippen LogP contribution in [0.2, 0.25) is 17.7 Å². The Labute approximate surface area is 165 Å². The number of aromatic nitrogens is 5. The molecule has 1 aliphatic heterocycles. The van der Waals surface area contributed by atoms with E-state index in [1.54, 1.807) is 16.0 Å². The first-order valence-electron chi connectivity index (χ1n) is 8.99. The van der Waals surface area contributed by atoms with Crippen LogP contribution in [0.5, 0.6) is 0 Å². The van der Waals surface area contributed by atoms with Crippen LogP contribution in [0.3, 0.4) is 0 Å². The highest BCUT2D eigenvalue weighted by atomic mass is 35.5. The molecule has 0 amide bonds. The van der Waals surface area contributed by atoms with Crippen LogP contribution in [0, 0.1) is 11.2 Å². The van der Waals surface area contributed by atoms with Crippen molar-refractivity contribution in [3.63, 3.8) is 0 Å². The second-order valence-corrected chi connectivity index (χ2v) is 8.54. The Balaban J connectivity index is 1.46. The van der Waals surface area contributed by atoms with Crippen molar-refractivity contribution in [2.45, 2.75) is 31.4 Å². The summed E-state index contributed by atoms with van der Waals surface area (Å²) in [7, 11) is 1.89. The molecule has 0 saturated carbocycles. The Morgan fingerprint density at radius 2 is 2.07 bits per heavy atom. The molecule has 0 atom stereocenters. The van der Waals surface area contributed by atoms with Gasteiger partial charge in [-0.15, -0.1) is 0 Å². The van der Waals surface area contributed by atoms with E-state index in [-0.39, 0.29) is 6.71 Å². The summed E-state index contributed by atoms with van der Waals surface area (Å²) < 4.78 is 3.63. The molecule has 0 spiro atoms. The smallest absolute Gasteiger partial charge is 0.267 e. The molecule has 0 bridgehead atoms. The van der Waals surface area contributed by atoms with Crippen molar-refractivity contribution in [2.75, 3.05) is 0 Å². The lowest BCUT2D eigenvalue weighted by Gasteiger charge is -2.21. The third kappa shape index (κ3) is 2.91. The number of aryl methyl sites for hydroxylation is 1. The summed E-state index contributed by atoms with van der Waals surface area (Å²) in [4.78, 5) is 5.70. The molecule has 0 aliphatic carbocycles. The molecule has 9 heteroatoms. The van der Waals surface area contributed by atoms with Gasteiger partial charge < -0.3 is 0 Å². The van der Waals surface area contributed by atoms with Gasteiger partial charge in [-0.2, -0.15) is 10.2 Å². The van der Waals surface area contributed by atoms with E-state index in [0.29, 0.717) is 10.9 Å². The Morgan fingerprint density at radius 1 is 1.26 bits per heavy atom. The van der Waals surface area contributed by atoms with Gasteiger partial charge in [0.15, 0.2) is 0 Å². The van der Waals surface area contributed by atoms with E-state index >= 15 is 0 Å². The molecule has 27 heavy (non-hydrogen) atoms. The van der Waals surface area contributed by atoms with Crippen LogP contribution in [0.15, 0.2) is 24.5 Å². The van der Waals surface area contributed by atoms with Crippen molar-refractivity contribution < 1.29 is 0 Å². The Bertz CT molecular complexity index is 1160. The zero-order chi connectivity index (χ0) is 18.5. The number of hydrogen-bond acceptors (Lipinski definition) is 5. The van der Waals surface area contributed by atoms with Crippen LogP contribution >= 0.6 is 22.9 Å². The molecule has 4 heterocycles. The fraction of sp³-hybridized carbons (Fsp3) is 0.333. The van der Waals surface area contributed by atoms with Gasteiger partial charge >= 0.3 is 0 Å². The molecule has 3 aromatic heterocycles. The fourth-order valence-electron chi connectivity index (χ4n) is 3.88. The molecule has 5 rings (SSSR count). The maximum Gasteiger partial charge on any atom is 0.267 e. The largest absolute Gasteiger partial charge is 0.275 e. The first-order valence-corrected chi connectivity index (χ1v) is 10.2. The zero-order valence-electron chi connectivity index (χ0n) is 14.8. The summed E-state index contributed by atoms with van der Waals surface area (Å²) in [6.45, 7) is 0.210. The van der Waals surface area contributed by atoms with Crippen LogP contribution < -0.4 is 0 Å². The van der Waals surface area contributed by atoms with E-state index in [2.05, 4.69) is 17.1 Å². The van der Waals surface area contributed by atoms with Crippen molar-refractivity contribution >= 4 is 45.5 Å². The number of nitriles is 1. The van der Waals surface area contributed by atoms with Gasteiger partial charge in [0.05, 0.1) is 16.9 Å². The molecule has 4 aromatic rings. The molecular formula is C18H16BClN6S. The van der Waals surface area contributed by atoms with Crippen LogP contribution in [0.25, 0.3) is 26.4 Å². The number of benzene rings is 1. The highest BCUT2D eigenvalue weighted by molar-refractivity contribution is 7.19. The highest BCUT2D eigenvalue weighted by Gasteiger charge is 2.27. The van der Waals surface area contributed by atoms with Gasteiger partial charge in [-0.3, -0.25) is 4.68 Å². The molecule has 134 valence electrons. The molecular weight excluding hydrogens is 379 g/mol. The van der Waals surface area contributed by atoms with Gasteiger partial charge in [0, 0.05) is 36.1 Å². The maximum absolute atomic E-state index is 9.06. The van der Waals surface area contributed by atoms with E-state index in [1.807, 2.05) is 30.0 Å². The summed E-state index contributed by atoms with van der Waals surface area (Å²) in [5, 5.41) is 20.7. The summed E-state index contributed by atoms with van der Waals surface area (Å²) in [6.07, 6.45) is 7.99. The summed E-state index contributed by atoms with van der Waals surface area (Å²) in [5.41, 5.74) is 2.88. The van der Waals surface area contributed by atoms with Gasteiger partial charge in [-0.05, 0) is 12.1 Å². The maximum atomic E-state index is 9.06. The van der Waals surface area contributed by atoms with Gasteiger partial charge in [0.2, 0.25) is 4.96 Å². The van der Waals surface area contributed by atoms with Crippen molar-refractivity contribution in [1.82, 2.24) is 24.4 Å². The summed E-state index contributed by atoms with van der Waals surface area (Å²) in [5.74, 6) is 2.83. The highest BCUT2D eigenvalue weighted by Crippen LogP contribution is 2.36. The normalized spacial score (nSPS) is 15.7. The molecule has 0 radical (unpaired) electrons. The molecule has 1 aliphatic rings. The Morgan fingerprint density at radius 3 is 2.81 bits per heavy atom. The quantitative estimate of drug-likeness (QED) is 0.471. The van der Waals surface area contributed by atoms with E-state index in [1.165, 1.54) is 0 Å². The van der Waals surface area contributed by atoms with E-state index in [4.69, 9.17) is 26.9 Å². The first kappa shape index (κ1) is 16.8. The lowest BCUT2D eigenvalue weighted by atomic mass is 9.41. The van der Waals surface area contributed by atoms with Crippen molar-refractivity contribution in [1.29, 1.82) is 5.26 Å². The number of halogens is 1. The number of nitrogens with zero attached hydrogens (tertiary/aromatic N) is 6. The third-order valence-corrected chi connectivity index (χ3v) is 6.57. The molecule has 1 fully saturated rings. The molecule has 0 N–H and O–H groups in total. The van der Waals surface area contributed by atoms with Crippen LogP contribution in [-0.2, 0) is 7.05 Å². The fourth-order valence-corrected chi connectivity index (χ4v) is 5.02. The van der Waals surface area contributed by atoms with Gasteiger partial charge in [0.1, 0.15) is 10.5 Å². The van der Waals surface area contributed by atoms with Gasteiger partial charge in [0.25, 0.3) is 6.71 Å². The second kappa shape index (κ2) is 6.36. The number of rotatable bonds is 2. The van der Waals surface area contributed by atoms with Crippen molar-refractivity contribution in [3.8, 4) is 16.5 Å². The molecule has 1 aromatic carbocycles. The number of hydrogen-bond donors (Lipinski definition) is 0. The predicted octanol–water partition coefficient (Wildman–Crippen LogP) is 4.43. The average molecular weight is 395 g/mol. The molecule has 1 saturated heterocycles. The van der Waals surface area contributed by atoms with E-state index in [0.717, 1.165) is 57.6 Å². The minimum atomic E-state index is 0.210. The topological polar surface area (TPSA) is 71.8 Å². The first-order chi connectivity index (χ1) is 13.1. The van der Waals surface area contributed by atoms with Gasteiger partial charge in [-0.1, -0.05) is 48.4 Å². The van der Waals surface area contributed by atoms with Crippen molar-refractivity contribution in [3.05, 3.63) is 35.2 Å². The average Bonchev–Trinajstić information content (AvgIpc) is 3.34. The summed E-state index contributed by atoms with van der Waals surface area (Å²) in [6, 6.07) is 3.98. The second-order valence-electron chi connectivity index (χ2n) is 7.18. The number of imidazole rings is 1. The lowest BCUT2D eigenvalue weighted by molar-refractivity contribution is 0.598. The third-order valence-electron chi connectivity index (χ3n) is 5.31. The number of fused-ring (bicyclic) bond motifs is 2. The monoisotopic (exact) mass is 394 g/mol. The van der Waals surface area contributed by atoms with Crippen LogP contribution in [-0.4, -0.2) is 31.1 Å². The van der Waals surface area contributed by atoms with E-state index in [9.17, 15) is 0 Å². The van der Waals surface area contributed by atoms with Gasteiger partial charge in [-0.25, -0.2) is 14.8 Å². The zero-order valence-corrected chi connectivity index (χ0v) is 16.3. The van der Waals surface area contributed by atoms with Crippen LogP contribution in [0.4, 0.5) is 0 Å². The molecule has 0 unspecified atom stereocenters. The lowest BCUT2D eigenvalue weighted by Crippen LogP contribution is -2.19. The minimum Gasteiger partial charge on any atom is -0.275 e. The standard InChI is InChI=1S/C18H16BClN6S/c1-25-8-13-6-12(7-14(20)16(13)23-25)17-24-26-9-15(22-18(26)27-17)11-2-4-19(10-21)5-3-11/h6-9,11H,2-5H2,1H3. The van der Waals surface area contributed by atoms with Crippen LogP contribution in [0.1, 0.15) is 24.5 Å². The van der Waals surface area contributed by atoms with Crippen molar-refractivity contribution in [2.24, 2.45) is 7.05 Å². The Hall–Kier alpha value is -2.37. The van der Waals surface area contributed by atoms with E-state index < -0.39 is 0 Å². The SMILES string of the molecule is Cn1cc2cc(-c3nn4cc(C5CCB(C#N)CC5)nc4s3)cc(Cl)c2n1.